The van der Waals surface area contributed by atoms with E-state index in [2.05, 4.69) is 0 Å². The number of aliphatic hydroxyl groups is 1. The van der Waals surface area contributed by atoms with Gasteiger partial charge in [0.2, 0.25) is 0 Å². The number of hydrogen-bond donors (Lipinski definition) is 1. The molecule has 0 rings (SSSR count). The summed E-state index contributed by atoms with van der Waals surface area (Å²) >= 11 is 0. The van der Waals surface area contributed by atoms with Crippen molar-refractivity contribution in [3.63, 3.8) is 0 Å². The van der Waals surface area contributed by atoms with E-state index in [1.165, 1.54) is 0 Å². The average Bonchev–Trinajstić information content (AvgIpc) is 1.84. The summed E-state index contributed by atoms with van der Waals surface area (Å²) in [5, 5.41) is 9.62. The van der Waals surface area contributed by atoms with Gasteiger partial charge in [-0.05, 0) is 25.7 Å². The lowest BCUT2D eigenvalue weighted by Gasteiger charge is -2.25. The molecule has 1 unspecified atom stereocenters. The zero-order valence-corrected chi connectivity index (χ0v) is 8.92. The first-order chi connectivity index (χ1) is 5.34. The molecule has 74 valence electrons. The number of ether oxygens (including phenoxy) is 1. The van der Waals surface area contributed by atoms with Crippen molar-refractivity contribution in [1.29, 1.82) is 0 Å². The standard InChI is InChI=1S/C10H22O2/c1-8(2)12-7-6-9(11)10(3,4)5/h8-9,11H,6-7H2,1-5H3. The highest BCUT2D eigenvalue weighted by Crippen LogP contribution is 2.21. The van der Waals surface area contributed by atoms with Gasteiger partial charge in [0, 0.05) is 6.61 Å². The Bertz CT molecular complexity index is 113. The topological polar surface area (TPSA) is 29.5 Å². The van der Waals surface area contributed by atoms with Crippen molar-refractivity contribution in [2.45, 2.75) is 53.2 Å². The molecule has 0 aliphatic rings. The van der Waals surface area contributed by atoms with Gasteiger partial charge in [0.1, 0.15) is 0 Å². The van der Waals surface area contributed by atoms with Crippen LogP contribution in [-0.4, -0.2) is 23.9 Å². The van der Waals surface area contributed by atoms with Crippen LogP contribution in [0.3, 0.4) is 0 Å². The molecule has 0 saturated heterocycles. The van der Waals surface area contributed by atoms with E-state index in [1.54, 1.807) is 0 Å². The Morgan fingerprint density at radius 1 is 1.25 bits per heavy atom. The Labute approximate surface area is 75.9 Å². The van der Waals surface area contributed by atoms with Gasteiger partial charge in [-0.2, -0.15) is 0 Å². The van der Waals surface area contributed by atoms with Crippen LogP contribution in [-0.2, 0) is 4.74 Å². The van der Waals surface area contributed by atoms with Gasteiger partial charge in [0.05, 0.1) is 12.2 Å². The predicted molar refractivity (Wildman–Crippen MR) is 51.2 cm³/mol. The van der Waals surface area contributed by atoms with E-state index in [4.69, 9.17) is 4.74 Å². The number of hydrogen-bond acceptors (Lipinski definition) is 2. The fourth-order valence-corrected chi connectivity index (χ4v) is 0.848. The molecule has 1 N–H and O–H groups in total. The summed E-state index contributed by atoms with van der Waals surface area (Å²) in [6, 6.07) is 0. The lowest BCUT2D eigenvalue weighted by Crippen LogP contribution is -2.27. The molecule has 0 fully saturated rings. The maximum absolute atomic E-state index is 9.62. The van der Waals surface area contributed by atoms with Crippen molar-refractivity contribution in [3.8, 4) is 0 Å². The molecule has 0 aromatic rings. The molecule has 0 amide bonds. The third kappa shape index (κ3) is 5.56. The molecule has 0 spiro atoms. The Balaban J connectivity index is 3.51. The van der Waals surface area contributed by atoms with Gasteiger partial charge in [-0.15, -0.1) is 0 Å². The molecular weight excluding hydrogens is 152 g/mol. The molecule has 2 heteroatoms. The minimum Gasteiger partial charge on any atom is -0.392 e. The molecule has 0 aromatic heterocycles. The third-order valence-electron chi connectivity index (χ3n) is 1.84. The monoisotopic (exact) mass is 174 g/mol. The molecule has 2 nitrogen and oxygen atoms in total. The van der Waals surface area contributed by atoms with Gasteiger partial charge in [-0.1, -0.05) is 20.8 Å². The summed E-state index contributed by atoms with van der Waals surface area (Å²) in [6.45, 7) is 10.8. The highest BCUT2D eigenvalue weighted by Gasteiger charge is 2.21. The van der Waals surface area contributed by atoms with Gasteiger partial charge < -0.3 is 9.84 Å². The van der Waals surface area contributed by atoms with Gasteiger partial charge in [0.15, 0.2) is 0 Å². The first-order valence-electron chi connectivity index (χ1n) is 4.63. The van der Waals surface area contributed by atoms with Crippen LogP contribution < -0.4 is 0 Å². The van der Waals surface area contributed by atoms with E-state index in [-0.39, 0.29) is 17.6 Å². The van der Waals surface area contributed by atoms with E-state index in [0.29, 0.717) is 6.61 Å². The van der Waals surface area contributed by atoms with Crippen LogP contribution in [0.15, 0.2) is 0 Å². The summed E-state index contributed by atoms with van der Waals surface area (Å²) in [6.07, 6.45) is 0.718. The molecule has 0 bridgehead atoms. The summed E-state index contributed by atoms with van der Waals surface area (Å²) in [4.78, 5) is 0. The highest BCUT2D eigenvalue weighted by atomic mass is 16.5. The zero-order valence-electron chi connectivity index (χ0n) is 8.92. The largest absolute Gasteiger partial charge is 0.392 e. The van der Waals surface area contributed by atoms with Crippen molar-refractivity contribution in [3.05, 3.63) is 0 Å². The van der Waals surface area contributed by atoms with Gasteiger partial charge in [0.25, 0.3) is 0 Å². The SMILES string of the molecule is CC(C)OCCC(O)C(C)(C)C. The Hall–Kier alpha value is -0.0800. The van der Waals surface area contributed by atoms with E-state index in [9.17, 15) is 5.11 Å². The molecule has 12 heavy (non-hydrogen) atoms. The molecule has 0 heterocycles. The first-order valence-corrected chi connectivity index (χ1v) is 4.63. The van der Waals surface area contributed by atoms with Crippen LogP contribution in [0.25, 0.3) is 0 Å². The van der Waals surface area contributed by atoms with Crippen LogP contribution in [0.1, 0.15) is 41.0 Å². The van der Waals surface area contributed by atoms with Crippen molar-refractivity contribution in [1.82, 2.24) is 0 Å². The van der Waals surface area contributed by atoms with Crippen molar-refractivity contribution in [2.24, 2.45) is 5.41 Å². The Kier molecular flexibility index (Phi) is 4.80. The second-order valence-electron chi connectivity index (χ2n) is 4.59. The van der Waals surface area contributed by atoms with Gasteiger partial charge >= 0.3 is 0 Å². The van der Waals surface area contributed by atoms with Crippen molar-refractivity contribution in [2.75, 3.05) is 6.61 Å². The molecule has 1 atom stereocenters. The van der Waals surface area contributed by atoms with Gasteiger partial charge in [-0.25, -0.2) is 0 Å². The molecule has 0 aromatic carbocycles. The van der Waals surface area contributed by atoms with Crippen LogP contribution in [0.4, 0.5) is 0 Å². The summed E-state index contributed by atoms with van der Waals surface area (Å²) in [5.74, 6) is 0. The number of aliphatic hydroxyl groups excluding tert-OH is 1. The second-order valence-corrected chi connectivity index (χ2v) is 4.59. The van der Waals surface area contributed by atoms with Crippen LogP contribution in [0.5, 0.6) is 0 Å². The fraction of sp³-hybridized carbons (Fsp3) is 1.00. The first kappa shape index (κ1) is 11.9. The molecule has 0 saturated carbocycles. The van der Waals surface area contributed by atoms with Crippen molar-refractivity contribution < 1.29 is 9.84 Å². The molecular formula is C10H22O2. The highest BCUT2D eigenvalue weighted by molar-refractivity contribution is 4.72. The van der Waals surface area contributed by atoms with Crippen LogP contribution >= 0.6 is 0 Å². The maximum Gasteiger partial charge on any atom is 0.0610 e. The lowest BCUT2D eigenvalue weighted by atomic mass is 9.87. The smallest absolute Gasteiger partial charge is 0.0610 e. The minimum absolute atomic E-state index is 0.0274. The molecule has 0 aliphatic heterocycles. The summed E-state index contributed by atoms with van der Waals surface area (Å²) in [5.41, 5.74) is -0.0274. The maximum atomic E-state index is 9.62. The van der Waals surface area contributed by atoms with E-state index in [0.717, 1.165) is 6.42 Å². The molecule has 0 aliphatic carbocycles. The minimum atomic E-state index is -0.267. The number of rotatable bonds is 4. The van der Waals surface area contributed by atoms with Crippen LogP contribution in [0, 0.1) is 5.41 Å². The lowest BCUT2D eigenvalue weighted by molar-refractivity contribution is 0.00683. The Morgan fingerprint density at radius 2 is 1.75 bits per heavy atom. The molecule has 0 radical (unpaired) electrons. The van der Waals surface area contributed by atoms with Crippen molar-refractivity contribution >= 4 is 0 Å². The Morgan fingerprint density at radius 3 is 2.08 bits per heavy atom. The fourth-order valence-electron chi connectivity index (χ4n) is 0.848. The average molecular weight is 174 g/mol. The van der Waals surface area contributed by atoms with Crippen LogP contribution in [0.2, 0.25) is 0 Å². The predicted octanol–water partition coefficient (Wildman–Crippen LogP) is 2.21. The second kappa shape index (κ2) is 4.83. The quantitative estimate of drug-likeness (QED) is 0.708. The zero-order chi connectivity index (χ0) is 9.78. The summed E-state index contributed by atoms with van der Waals surface area (Å²) in [7, 11) is 0. The normalized spacial score (nSPS) is 15.2. The van der Waals surface area contributed by atoms with E-state index in [1.807, 2.05) is 34.6 Å². The van der Waals surface area contributed by atoms with Gasteiger partial charge in [-0.3, -0.25) is 0 Å². The van der Waals surface area contributed by atoms with E-state index >= 15 is 0 Å². The third-order valence-corrected chi connectivity index (χ3v) is 1.84. The van der Waals surface area contributed by atoms with E-state index < -0.39 is 0 Å². The summed E-state index contributed by atoms with van der Waals surface area (Å²) < 4.78 is 5.35.